The summed E-state index contributed by atoms with van der Waals surface area (Å²) in [5.41, 5.74) is 1.06. The van der Waals surface area contributed by atoms with Gasteiger partial charge in [-0.25, -0.2) is 13.4 Å². The minimum atomic E-state index is -3.49. The summed E-state index contributed by atoms with van der Waals surface area (Å²) in [6.07, 6.45) is 1.75. The van der Waals surface area contributed by atoms with E-state index in [9.17, 15) is 8.42 Å². The van der Waals surface area contributed by atoms with E-state index in [2.05, 4.69) is 9.88 Å². The minimum Gasteiger partial charge on any atom is -0.296 e. The van der Waals surface area contributed by atoms with Gasteiger partial charge in [-0.05, 0) is 29.8 Å². The van der Waals surface area contributed by atoms with E-state index in [1.807, 2.05) is 6.07 Å². The first-order valence-electron chi connectivity index (χ1n) is 7.54. The van der Waals surface area contributed by atoms with Crippen LogP contribution in [0.25, 0.3) is 0 Å². The van der Waals surface area contributed by atoms with Crippen molar-refractivity contribution in [1.29, 1.82) is 0 Å². The van der Waals surface area contributed by atoms with E-state index in [1.54, 1.807) is 30.5 Å². The van der Waals surface area contributed by atoms with E-state index in [1.165, 1.54) is 10.4 Å². The molecule has 1 aliphatic heterocycles. The van der Waals surface area contributed by atoms with Gasteiger partial charge in [0.2, 0.25) is 10.0 Å². The molecule has 0 aliphatic carbocycles. The second-order valence-corrected chi connectivity index (χ2v) is 8.39. The fraction of sp³-hybridized carbons (Fsp3) is 0.312. The van der Waals surface area contributed by atoms with Gasteiger partial charge in [-0.15, -0.1) is 0 Å². The number of pyridine rings is 1. The Morgan fingerprint density at radius 2 is 1.79 bits per heavy atom. The van der Waals surface area contributed by atoms with Gasteiger partial charge in [-0.2, -0.15) is 4.31 Å². The normalized spacial score (nSPS) is 17.1. The molecule has 0 radical (unpaired) electrons. The second kappa shape index (κ2) is 7.37. The van der Waals surface area contributed by atoms with Crippen LogP contribution in [-0.4, -0.2) is 48.8 Å². The van der Waals surface area contributed by atoms with Crippen LogP contribution in [0.4, 0.5) is 0 Å². The predicted molar refractivity (Wildman–Crippen MR) is 94.7 cm³/mol. The molecule has 128 valence electrons. The summed E-state index contributed by atoms with van der Waals surface area (Å²) < 4.78 is 26.8. The van der Waals surface area contributed by atoms with Crippen molar-refractivity contribution in [3.63, 3.8) is 0 Å². The first-order chi connectivity index (χ1) is 11.4. The largest absolute Gasteiger partial charge is 0.296 e. The Morgan fingerprint density at radius 1 is 1.04 bits per heavy atom. The lowest BCUT2D eigenvalue weighted by Gasteiger charge is -2.34. The molecule has 3 rings (SSSR count). The number of hydrogen-bond donors (Lipinski definition) is 0. The molecule has 0 spiro atoms. The summed E-state index contributed by atoms with van der Waals surface area (Å²) in [6.45, 7) is 2.98. The van der Waals surface area contributed by atoms with Crippen molar-refractivity contribution in [3.05, 3.63) is 58.3 Å². The lowest BCUT2D eigenvalue weighted by molar-refractivity contribution is 0.181. The molecule has 0 saturated carbocycles. The van der Waals surface area contributed by atoms with Crippen molar-refractivity contribution in [2.75, 3.05) is 26.2 Å². The summed E-state index contributed by atoms with van der Waals surface area (Å²) in [6, 6.07) is 10.1. The topological polar surface area (TPSA) is 53.5 Å². The molecule has 5 nitrogen and oxygen atoms in total. The van der Waals surface area contributed by atoms with Crippen LogP contribution in [0, 0.1) is 0 Å². The third-order valence-corrected chi connectivity index (χ3v) is 6.31. The van der Waals surface area contributed by atoms with E-state index in [4.69, 9.17) is 23.2 Å². The molecular weight excluding hydrogens is 369 g/mol. The van der Waals surface area contributed by atoms with Gasteiger partial charge in [0.1, 0.15) is 5.15 Å². The zero-order valence-electron chi connectivity index (χ0n) is 12.9. The van der Waals surface area contributed by atoms with Crippen LogP contribution in [0.3, 0.4) is 0 Å². The van der Waals surface area contributed by atoms with Crippen molar-refractivity contribution in [2.45, 2.75) is 11.4 Å². The zero-order valence-corrected chi connectivity index (χ0v) is 15.2. The molecule has 8 heteroatoms. The van der Waals surface area contributed by atoms with Gasteiger partial charge in [-0.1, -0.05) is 35.3 Å². The number of aromatic nitrogens is 1. The van der Waals surface area contributed by atoms with Crippen molar-refractivity contribution >= 4 is 33.2 Å². The number of halogens is 2. The number of sulfonamides is 1. The van der Waals surface area contributed by atoms with E-state index in [0.717, 1.165) is 12.1 Å². The molecule has 2 aromatic rings. The van der Waals surface area contributed by atoms with Crippen molar-refractivity contribution in [1.82, 2.24) is 14.2 Å². The maximum Gasteiger partial charge on any atom is 0.243 e. The summed E-state index contributed by atoms with van der Waals surface area (Å²) in [7, 11) is -3.49. The Balaban J connectivity index is 1.63. The number of hydrogen-bond acceptors (Lipinski definition) is 4. The molecular formula is C16H17Cl2N3O2S. The number of benzene rings is 1. The third-order valence-electron chi connectivity index (χ3n) is 3.96. The fourth-order valence-electron chi connectivity index (χ4n) is 2.66. The van der Waals surface area contributed by atoms with Crippen LogP contribution in [-0.2, 0) is 16.6 Å². The second-order valence-electron chi connectivity index (χ2n) is 5.63. The highest BCUT2D eigenvalue weighted by atomic mass is 35.5. The highest BCUT2D eigenvalue weighted by Crippen LogP contribution is 2.21. The summed E-state index contributed by atoms with van der Waals surface area (Å²) in [4.78, 5) is 6.51. The van der Waals surface area contributed by atoms with Gasteiger partial charge >= 0.3 is 0 Å². The highest BCUT2D eigenvalue weighted by Gasteiger charge is 2.28. The predicted octanol–water partition coefficient (Wildman–Crippen LogP) is 2.89. The monoisotopic (exact) mass is 385 g/mol. The Labute approximate surface area is 151 Å². The first-order valence-corrected chi connectivity index (χ1v) is 9.73. The van der Waals surface area contributed by atoms with Crippen molar-refractivity contribution < 1.29 is 8.42 Å². The maximum atomic E-state index is 12.7. The van der Waals surface area contributed by atoms with Crippen LogP contribution in [0.5, 0.6) is 0 Å². The Hall–Kier alpha value is -1.18. The van der Waals surface area contributed by atoms with Gasteiger partial charge in [0.25, 0.3) is 0 Å². The summed E-state index contributed by atoms with van der Waals surface area (Å²) in [5, 5.41) is 0.890. The smallest absolute Gasteiger partial charge is 0.243 e. The molecule has 1 aliphatic rings. The molecule has 0 N–H and O–H groups in total. The molecule has 24 heavy (non-hydrogen) atoms. The fourth-order valence-corrected chi connectivity index (χ4v) is 4.50. The van der Waals surface area contributed by atoms with Gasteiger partial charge in [0.15, 0.2) is 0 Å². The quantitative estimate of drug-likeness (QED) is 0.759. The van der Waals surface area contributed by atoms with E-state index >= 15 is 0 Å². The first kappa shape index (κ1) is 17.6. The molecule has 0 atom stereocenters. The average Bonchev–Trinajstić information content (AvgIpc) is 2.57. The van der Waals surface area contributed by atoms with E-state index in [0.29, 0.717) is 36.4 Å². The van der Waals surface area contributed by atoms with Crippen LogP contribution in [0.15, 0.2) is 47.5 Å². The lowest BCUT2D eigenvalue weighted by Crippen LogP contribution is -2.48. The van der Waals surface area contributed by atoms with Crippen LogP contribution in [0.2, 0.25) is 10.2 Å². The maximum absolute atomic E-state index is 12.7. The number of nitrogens with zero attached hydrogens (tertiary/aromatic N) is 3. The average molecular weight is 386 g/mol. The van der Waals surface area contributed by atoms with E-state index in [-0.39, 0.29) is 4.90 Å². The van der Waals surface area contributed by atoms with Gasteiger partial charge in [-0.3, -0.25) is 4.90 Å². The van der Waals surface area contributed by atoms with Gasteiger partial charge < -0.3 is 0 Å². The molecule has 1 aromatic carbocycles. The Morgan fingerprint density at radius 3 is 2.42 bits per heavy atom. The van der Waals surface area contributed by atoms with Crippen LogP contribution >= 0.6 is 23.2 Å². The van der Waals surface area contributed by atoms with E-state index < -0.39 is 10.0 Å². The zero-order chi connectivity index (χ0) is 17.2. The van der Waals surface area contributed by atoms with Crippen molar-refractivity contribution in [2.24, 2.45) is 0 Å². The lowest BCUT2D eigenvalue weighted by atomic mass is 10.2. The van der Waals surface area contributed by atoms with Gasteiger partial charge in [0, 0.05) is 43.9 Å². The van der Waals surface area contributed by atoms with Crippen molar-refractivity contribution in [3.8, 4) is 0 Å². The number of rotatable bonds is 4. The molecule has 0 bridgehead atoms. The summed E-state index contributed by atoms with van der Waals surface area (Å²) in [5.74, 6) is 0. The standard InChI is InChI=1S/C16H17Cl2N3O2S/c17-14-2-1-3-15(10-14)24(22,23)21-8-6-20(7-9-21)12-13-4-5-16(18)19-11-13/h1-5,10-11H,6-9,12H2. The molecule has 2 heterocycles. The van der Waals surface area contributed by atoms with Gasteiger partial charge in [0.05, 0.1) is 4.90 Å². The SMILES string of the molecule is O=S(=O)(c1cccc(Cl)c1)N1CCN(Cc2ccc(Cl)nc2)CC1. The minimum absolute atomic E-state index is 0.241. The third kappa shape index (κ3) is 4.07. The molecule has 0 amide bonds. The molecule has 1 fully saturated rings. The number of piperazine rings is 1. The molecule has 0 unspecified atom stereocenters. The van der Waals surface area contributed by atoms with Crippen LogP contribution in [0.1, 0.15) is 5.56 Å². The molecule has 1 saturated heterocycles. The van der Waals surface area contributed by atoms with Crippen LogP contribution < -0.4 is 0 Å². The Kier molecular flexibility index (Phi) is 5.42. The molecule has 1 aromatic heterocycles. The summed E-state index contributed by atoms with van der Waals surface area (Å²) >= 11 is 11.7. The Bertz CT molecular complexity index is 804. The highest BCUT2D eigenvalue weighted by molar-refractivity contribution is 7.89.